The Morgan fingerprint density at radius 3 is 2.38 bits per heavy atom. The minimum absolute atomic E-state index is 0.409. The molecule has 1 saturated heterocycles. The Morgan fingerprint density at radius 1 is 1.00 bits per heavy atom. The van der Waals surface area contributed by atoms with E-state index in [1.165, 1.54) is 50.9 Å². The molecule has 1 unspecified atom stereocenters. The summed E-state index contributed by atoms with van der Waals surface area (Å²) in [4.78, 5) is 2.60. The molecule has 0 radical (unpaired) electrons. The van der Waals surface area contributed by atoms with Crippen LogP contribution in [0.4, 0.5) is 5.69 Å². The summed E-state index contributed by atoms with van der Waals surface area (Å²) in [5.41, 5.74) is 17.5. The first-order valence-corrected chi connectivity index (χ1v) is 10.6. The molecule has 1 atom stereocenters. The van der Waals surface area contributed by atoms with Gasteiger partial charge in [-0.1, -0.05) is 62.0 Å². The molecule has 0 spiro atoms. The summed E-state index contributed by atoms with van der Waals surface area (Å²) in [7, 11) is 0. The molecule has 0 saturated carbocycles. The van der Waals surface area contributed by atoms with Crippen LogP contribution in [0.25, 0.3) is 5.70 Å². The number of benzene rings is 2. The maximum absolute atomic E-state index is 6.18. The van der Waals surface area contributed by atoms with Crippen molar-refractivity contribution in [1.29, 1.82) is 0 Å². The number of hydrogen-bond donors (Lipinski definition) is 3. The lowest BCUT2D eigenvalue weighted by molar-refractivity contribution is 0.226. The highest BCUT2D eigenvalue weighted by Crippen LogP contribution is 2.27. The summed E-state index contributed by atoms with van der Waals surface area (Å²) >= 11 is 0. The van der Waals surface area contributed by atoms with Gasteiger partial charge in [0.05, 0.1) is 6.04 Å². The Kier molecular flexibility index (Phi) is 7.50. The highest BCUT2D eigenvalue weighted by Gasteiger charge is 2.13. The highest BCUT2D eigenvalue weighted by atomic mass is 15.1. The number of nitrogens with two attached hydrogens (primary N) is 2. The van der Waals surface area contributed by atoms with Gasteiger partial charge in [0.15, 0.2) is 0 Å². The Hall–Kier alpha value is -2.56. The number of piperidine rings is 1. The van der Waals surface area contributed by atoms with Crippen LogP contribution in [-0.2, 0) is 6.42 Å². The van der Waals surface area contributed by atoms with E-state index in [0.717, 1.165) is 28.9 Å². The van der Waals surface area contributed by atoms with Gasteiger partial charge in [-0.3, -0.25) is 0 Å². The van der Waals surface area contributed by atoms with E-state index < -0.39 is 6.04 Å². The number of nitrogens with one attached hydrogen (secondary N) is 1. The minimum atomic E-state index is -0.409. The van der Waals surface area contributed by atoms with Crippen molar-refractivity contribution in [2.24, 2.45) is 11.5 Å². The van der Waals surface area contributed by atoms with Crippen molar-refractivity contribution >= 4 is 11.4 Å². The molecule has 4 nitrogen and oxygen atoms in total. The van der Waals surface area contributed by atoms with Gasteiger partial charge in [0, 0.05) is 17.1 Å². The van der Waals surface area contributed by atoms with Crippen molar-refractivity contribution in [3.05, 3.63) is 84.1 Å². The Morgan fingerprint density at radius 2 is 1.69 bits per heavy atom. The zero-order valence-electron chi connectivity index (χ0n) is 17.4. The average molecular weight is 391 g/mol. The number of para-hydroxylation sites is 1. The zero-order chi connectivity index (χ0) is 20.6. The van der Waals surface area contributed by atoms with E-state index in [1.807, 2.05) is 24.3 Å². The fraction of sp³-hybridized carbons (Fsp3) is 0.360. The molecule has 3 rings (SSSR count). The van der Waals surface area contributed by atoms with Crippen molar-refractivity contribution in [3.8, 4) is 0 Å². The predicted octanol–water partition coefficient (Wildman–Crippen LogP) is 4.66. The maximum Gasteiger partial charge on any atom is 0.0712 e. The number of hydrogen-bond acceptors (Lipinski definition) is 4. The predicted molar refractivity (Wildman–Crippen MR) is 124 cm³/mol. The van der Waals surface area contributed by atoms with Crippen LogP contribution >= 0.6 is 0 Å². The van der Waals surface area contributed by atoms with E-state index >= 15 is 0 Å². The van der Waals surface area contributed by atoms with Crippen molar-refractivity contribution in [1.82, 2.24) is 4.90 Å². The first-order valence-electron chi connectivity index (χ1n) is 10.6. The summed E-state index contributed by atoms with van der Waals surface area (Å²) in [6, 6.07) is 16.1. The number of aryl methyl sites for hydroxylation is 1. The highest BCUT2D eigenvalue weighted by molar-refractivity contribution is 5.77. The third kappa shape index (κ3) is 5.96. The molecule has 154 valence electrons. The first kappa shape index (κ1) is 21.2. The van der Waals surface area contributed by atoms with E-state index in [-0.39, 0.29) is 0 Å². The van der Waals surface area contributed by atoms with Crippen LogP contribution in [0.2, 0.25) is 0 Å². The average Bonchev–Trinajstić information content (AvgIpc) is 2.75. The summed E-state index contributed by atoms with van der Waals surface area (Å²) in [5.74, 6) is 0. The maximum atomic E-state index is 6.18. The molecule has 1 fully saturated rings. The van der Waals surface area contributed by atoms with Crippen LogP contribution in [0, 0.1) is 0 Å². The fourth-order valence-electron chi connectivity index (χ4n) is 3.88. The van der Waals surface area contributed by atoms with Crippen LogP contribution in [0.3, 0.4) is 0 Å². The topological polar surface area (TPSA) is 67.3 Å². The van der Waals surface area contributed by atoms with Gasteiger partial charge in [-0.2, -0.15) is 0 Å². The van der Waals surface area contributed by atoms with E-state index in [2.05, 4.69) is 47.6 Å². The molecule has 0 bridgehead atoms. The van der Waals surface area contributed by atoms with Crippen LogP contribution in [0.15, 0.2) is 67.4 Å². The standard InChI is InChI=1S/C25H34N4/c1-19(26)25(27)23-10-4-5-11-24(23)28-20(2)22-14-12-21(13-15-22)9-8-18-29-16-6-3-7-17-29/h4-5,10-15,25,28H,1-3,6-9,16-18,26-27H2. The number of likely N-dealkylation sites (tertiary alicyclic amines) is 1. The lowest BCUT2D eigenvalue weighted by Crippen LogP contribution is -2.30. The number of nitrogens with zero attached hydrogens (tertiary/aromatic N) is 1. The largest absolute Gasteiger partial charge is 0.401 e. The number of anilines is 1. The molecule has 5 N–H and O–H groups in total. The molecule has 0 aliphatic carbocycles. The zero-order valence-corrected chi connectivity index (χ0v) is 17.4. The van der Waals surface area contributed by atoms with Gasteiger partial charge < -0.3 is 21.7 Å². The van der Waals surface area contributed by atoms with Crippen molar-refractivity contribution in [2.45, 2.75) is 38.1 Å². The van der Waals surface area contributed by atoms with Crippen LogP contribution in [0.5, 0.6) is 0 Å². The van der Waals surface area contributed by atoms with Crippen molar-refractivity contribution in [3.63, 3.8) is 0 Å². The van der Waals surface area contributed by atoms with E-state index in [4.69, 9.17) is 11.5 Å². The molecule has 29 heavy (non-hydrogen) atoms. The lowest BCUT2D eigenvalue weighted by Gasteiger charge is -2.26. The van der Waals surface area contributed by atoms with Gasteiger partial charge in [0.25, 0.3) is 0 Å². The lowest BCUT2D eigenvalue weighted by atomic mass is 10.0. The first-order chi connectivity index (χ1) is 14.0. The Balaban J connectivity index is 1.56. The second kappa shape index (κ2) is 10.3. The second-order valence-corrected chi connectivity index (χ2v) is 7.95. The number of rotatable bonds is 9. The van der Waals surface area contributed by atoms with E-state index in [1.54, 1.807) is 0 Å². The monoisotopic (exact) mass is 390 g/mol. The molecular weight excluding hydrogens is 356 g/mol. The van der Waals surface area contributed by atoms with Crippen molar-refractivity contribution in [2.75, 3.05) is 25.0 Å². The molecule has 2 aromatic carbocycles. The molecular formula is C25H34N4. The molecule has 1 heterocycles. The van der Waals surface area contributed by atoms with Crippen LogP contribution in [-0.4, -0.2) is 24.5 Å². The van der Waals surface area contributed by atoms with Crippen LogP contribution < -0.4 is 16.8 Å². The third-order valence-corrected chi connectivity index (χ3v) is 5.67. The van der Waals surface area contributed by atoms with Gasteiger partial charge in [0.2, 0.25) is 0 Å². The van der Waals surface area contributed by atoms with Gasteiger partial charge >= 0.3 is 0 Å². The molecule has 0 aromatic heterocycles. The Bertz CT molecular complexity index is 819. The van der Waals surface area contributed by atoms with E-state index in [0.29, 0.717) is 5.70 Å². The van der Waals surface area contributed by atoms with E-state index in [9.17, 15) is 0 Å². The SMILES string of the molecule is C=C(Nc1ccccc1C(N)C(=C)N)c1ccc(CCCN2CCCCC2)cc1. The summed E-state index contributed by atoms with van der Waals surface area (Å²) in [6.45, 7) is 11.7. The Labute approximate surface area is 175 Å². The summed E-state index contributed by atoms with van der Waals surface area (Å²) in [5, 5.41) is 3.39. The third-order valence-electron chi connectivity index (χ3n) is 5.67. The minimum Gasteiger partial charge on any atom is -0.401 e. The molecule has 4 heteroatoms. The normalized spacial score (nSPS) is 15.6. The van der Waals surface area contributed by atoms with Gasteiger partial charge in [-0.05, 0) is 68.1 Å². The van der Waals surface area contributed by atoms with Gasteiger partial charge in [-0.25, -0.2) is 0 Å². The van der Waals surface area contributed by atoms with Gasteiger partial charge in [0.1, 0.15) is 0 Å². The molecule has 1 aliphatic rings. The summed E-state index contributed by atoms with van der Waals surface area (Å²) in [6.07, 6.45) is 6.45. The molecule has 0 amide bonds. The fourth-order valence-corrected chi connectivity index (χ4v) is 3.88. The second-order valence-electron chi connectivity index (χ2n) is 7.95. The van der Waals surface area contributed by atoms with Crippen LogP contribution in [0.1, 0.15) is 48.4 Å². The molecule has 2 aromatic rings. The summed E-state index contributed by atoms with van der Waals surface area (Å²) < 4.78 is 0. The smallest absolute Gasteiger partial charge is 0.0712 e. The van der Waals surface area contributed by atoms with Crippen molar-refractivity contribution < 1.29 is 0 Å². The quantitative estimate of drug-likeness (QED) is 0.582. The van der Waals surface area contributed by atoms with Gasteiger partial charge in [-0.15, -0.1) is 0 Å². The molecule has 1 aliphatic heterocycles.